The first-order valence-electron chi connectivity index (χ1n) is 11.0. The molecule has 1 aromatic heterocycles. The zero-order valence-electron chi connectivity index (χ0n) is 18.5. The van der Waals surface area contributed by atoms with Crippen LogP contribution in [0.5, 0.6) is 0 Å². The quantitative estimate of drug-likeness (QED) is 0.420. The van der Waals surface area contributed by atoms with E-state index in [1.807, 2.05) is 0 Å². The maximum absolute atomic E-state index is 13.7. The third-order valence-electron chi connectivity index (χ3n) is 5.59. The number of anilines is 1. The highest BCUT2D eigenvalue weighted by atomic mass is 35.5. The number of amides is 1. The van der Waals surface area contributed by atoms with Crippen LogP contribution in [-0.4, -0.2) is 69.4 Å². The Balaban J connectivity index is 1.48. The zero-order chi connectivity index (χ0) is 24.1. The molecule has 0 saturated carbocycles. The summed E-state index contributed by atoms with van der Waals surface area (Å²) in [5, 5.41) is 0.880. The number of aromatic nitrogens is 1. The van der Waals surface area contributed by atoms with Crippen molar-refractivity contribution in [3.05, 3.63) is 53.3 Å². The third kappa shape index (κ3) is 6.31. The summed E-state index contributed by atoms with van der Waals surface area (Å²) in [4.78, 5) is 21.6. The fraction of sp³-hybridized carbons (Fsp3) is 0.391. The number of nitrogens with zero attached hydrogens (tertiary/aromatic N) is 3. The Morgan fingerprint density at radius 3 is 2.65 bits per heavy atom. The topological polar surface area (TPSA) is 79.8 Å². The molecule has 1 saturated heterocycles. The van der Waals surface area contributed by atoms with Crippen LogP contribution in [0.4, 0.5) is 9.52 Å². The molecule has 1 amide bonds. The number of sulfone groups is 1. The van der Waals surface area contributed by atoms with Crippen LogP contribution in [-0.2, 0) is 19.4 Å². The molecule has 11 heteroatoms. The standard InChI is InChI=1S/C23H25ClFN3O4S2/c24-17-2-5-19(6-3-17)34(30,31)15-8-22(29)28(10-1-9-27-11-13-32-14-12-27)23-26-20-7-4-18(25)16-21(20)33-23/h2-7,16H,1,8-15H2. The number of hydrogen-bond donors (Lipinski definition) is 0. The molecule has 3 aromatic rings. The number of rotatable bonds is 9. The van der Waals surface area contributed by atoms with Gasteiger partial charge in [0.05, 0.1) is 34.1 Å². The maximum atomic E-state index is 13.7. The molecular formula is C23H25ClFN3O4S2. The molecule has 1 fully saturated rings. The van der Waals surface area contributed by atoms with Crippen molar-refractivity contribution in [2.75, 3.05) is 50.0 Å². The van der Waals surface area contributed by atoms with Crippen molar-refractivity contribution in [3.63, 3.8) is 0 Å². The highest BCUT2D eigenvalue weighted by Gasteiger charge is 2.24. The van der Waals surface area contributed by atoms with Crippen LogP contribution in [0.25, 0.3) is 10.2 Å². The molecular weight excluding hydrogens is 501 g/mol. The van der Waals surface area contributed by atoms with Gasteiger partial charge in [0.2, 0.25) is 5.91 Å². The first kappa shape index (κ1) is 25.0. The second-order valence-electron chi connectivity index (χ2n) is 7.98. The predicted molar refractivity (Wildman–Crippen MR) is 132 cm³/mol. The maximum Gasteiger partial charge on any atom is 0.229 e. The molecule has 0 radical (unpaired) electrons. The van der Waals surface area contributed by atoms with E-state index >= 15 is 0 Å². The van der Waals surface area contributed by atoms with Gasteiger partial charge in [-0.15, -0.1) is 0 Å². The average molecular weight is 526 g/mol. The van der Waals surface area contributed by atoms with Crippen LogP contribution >= 0.6 is 22.9 Å². The monoisotopic (exact) mass is 525 g/mol. The summed E-state index contributed by atoms with van der Waals surface area (Å²) in [5.74, 6) is -1.03. The lowest BCUT2D eigenvalue weighted by molar-refractivity contribution is -0.118. The number of benzene rings is 2. The van der Waals surface area contributed by atoms with Gasteiger partial charge in [0.1, 0.15) is 5.82 Å². The second-order valence-corrected chi connectivity index (χ2v) is 11.5. The normalized spacial score (nSPS) is 15.0. The van der Waals surface area contributed by atoms with Gasteiger partial charge >= 0.3 is 0 Å². The van der Waals surface area contributed by atoms with E-state index in [1.54, 1.807) is 6.07 Å². The summed E-state index contributed by atoms with van der Waals surface area (Å²) in [7, 11) is -3.65. The van der Waals surface area contributed by atoms with Gasteiger partial charge in [-0.2, -0.15) is 0 Å². The summed E-state index contributed by atoms with van der Waals surface area (Å²) < 4.78 is 45.1. The summed E-state index contributed by atoms with van der Waals surface area (Å²) in [6.45, 7) is 4.24. The molecule has 2 aromatic carbocycles. The molecule has 0 N–H and O–H groups in total. The number of fused-ring (bicyclic) bond motifs is 1. The number of ether oxygens (including phenoxy) is 1. The van der Waals surface area contributed by atoms with Crippen molar-refractivity contribution >= 4 is 54.0 Å². The van der Waals surface area contributed by atoms with Gasteiger partial charge in [-0.05, 0) is 48.9 Å². The fourth-order valence-electron chi connectivity index (χ4n) is 3.72. The Morgan fingerprint density at radius 1 is 1.18 bits per heavy atom. The molecule has 2 heterocycles. The van der Waals surface area contributed by atoms with Gasteiger partial charge in [-0.3, -0.25) is 14.6 Å². The highest BCUT2D eigenvalue weighted by Crippen LogP contribution is 2.30. The van der Waals surface area contributed by atoms with E-state index in [9.17, 15) is 17.6 Å². The van der Waals surface area contributed by atoms with Crippen molar-refractivity contribution in [2.45, 2.75) is 17.7 Å². The lowest BCUT2D eigenvalue weighted by atomic mass is 10.3. The van der Waals surface area contributed by atoms with Gasteiger partial charge < -0.3 is 4.74 Å². The molecule has 7 nitrogen and oxygen atoms in total. The minimum absolute atomic E-state index is 0.124. The molecule has 1 aliphatic rings. The fourth-order valence-corrected chi connectivity index (χ4v) is 6.11. The lowest BCUT2D eigenvalue weighted by Gasteiger charge is -2.27. The predicted octanol–water partition coefficient (Wildman–Crippen LogP) is 4.01. The summed E-state index contributed by atoms with van der Waals surface area (Å²) in [6.07, 6.45) is 0.507. The van der Waals surface area contributed by atoms with E-state index in [1.165, 1.54) is 52.6 Å². The number of thiazole rings is 1. The largest absolute Gasteiger partial charge is 0.379 e. The summed E-state index contributed by atoms with van der Waals surface area (Å²) >= 11 is 7.07. The Hall–Kier alpha value is -2.11. The van der Waals surface area contributed by atoms with Crippen LogP contribution in [0.1, 0.15) is 12.8 Å². The van der Waals surface area contributed by atoms with Crippen molar-refractivity contribution in [1.29, 1.82) is 0 Å². The van der Waals surface area contributed by atoms with Gasteiger partial charge in [0.15, 0.2) is 15.0 Å². The summed E-state index contributed by atoms with van der Waals surface area (Å²) in [6, 6.07) is 10.2. The minimum atomic E-state index is -3.65. The van der Waals surface area contributed by atoms with Crippen LogP contribution in [0.2, 0.25) is 5.02 Å². The molecule has 0 bridgehead atoms. The van der Waals surface area contributed by atoms with E-state index in [0.717, 1.165) is 19.6 Å². The molecule has 34 heavy (non-hydrogen) atoms. The number of hydrogen-bond acceptors (Lipinski definition) is 7. The van der Waals surface area contributed by atoms with E-state index < -0.39 is 9.84 Å². The van der Waals surface area contributed by atoms with Gasteiger partial charge in [-0.1, -0.05) is 22.9 Å². The van der Waals surface area contributed by atoms with Gasteiger partial charge in [-0.25, -0.2) is 17.8 Å². The van der Waals surface area contributed by atoms with Crippen LogP contribution in [0.3, 0.4) is 0 Å². The Kier molecular flexibility index (Phi) is 8.15. The SMILES string of the molecule is O=C(CCS(=O)(=O)c1ccc(Cl)cc1)N(CCCN1CCOCC1)c1nc2ccc(F)cc2s1. The van der Waals surface area contributed by atoms with Crippen LogP contribution < -0.4 is 4.90 Å². The molecule has 0 spiro atoms. The van der Waals surface area contributed by atoms with Crippen molar-refractivity contribution in [3.8, 4) is 0 Å². The first-order chi connectivity index (χ1) is 16.3. The number of carbonyl (C=O) groups is 1. The van der Waals surface area contributed by atoms with Gasteiger partial charge in [0, 0.05) is 37.6 Å². The molecule has 0 unspecified atom stereocenters. The highest BCUT2D eigenvalue weighted by molar-refractivity contribution is 7.91. The van der Waals surface area contributed by atoms with Crippen LogP contribution in [0.15, 0.2) is 47.4 Å². The molecule has 182 valence electrons. The minimum Gasteiger partial charge on any atom is -0.379 e. The van der Waals surface area contributed by atoms with Gasteiger partial charge in [0.25, 0.3) is 0 Å². The number of carbonyl (C=O) groups excluding carboxylic acids is 1. The van der Waals surface area contributed by atoms with Crippen molar-refractivity contribution in [1.82, 2.24) is 9.88 Å². The number of morpholine rings is 1. The first-order valence-corrected chi connectivity index (χ1v) is 13.8. The summed E-state index contributed by atoms with van der Waals surface area (Å²) in [5.41, 5.74) is 0.598. The average Bonchev–Trinajstić information content (AvgIpc) is 3.24. The van der Waals surface area contributed by atoms with E-state index in [4.69, 9.17) is 16.3 Å². The van der Waals surface area contributed by atoms with E-state index in [0.29, 0.717) is 46.6 Å². The molecule has 0 aliphatic carbocycles. The Bertz CT molecular complexity index is 1240. The lowest BCUT2D eigenvalue weighted by Crippen LogP contribution is -2.39. The molecule has 4 rings (SSSR count). The Morgan fingerprint density at radius 2 is 1.91 bits per heavy atom. The molecule has 1 aliphatic heterocycles. The van der Waals surface area contributed by atoms with Crippen molar-refractivity contribution < 1.29 is 22.3 Å². The van der Waals surface area contributed by atoms with Crippen LogP contribution in [0, 0.1) is 5.82 Å². The van der Waals surface area contributed by atoms with E-state index in [2.05, 4.69) is 9.88 Å². The molecule has 0 atom stereocenters. The number of halogens is 2. The Labute approximate surface area is 207 Å². The second kappa shape index (κ2) is 11.1. The van der Waals surface area contributed by atoms with Crippen molar-refractivity contribution in [2.24, 2.45) is 0 Å². The van der Waals surface area contributed by atoms with E-state index in [-0.39, 0.29) is 28.8 Å². The smallest absolute Gasteiger partial charge is 0.229 e. The zero-order valence-corrected chi connectivity index (χ0v) is 20.8. The third-order valence-corrected chi connectivity index (χ3v) is 8.61.